The molecule has 0 aromatic heterocycles. The number of hydrazine groups is 1. The molecular weight excluding hydrogens is 270 g/mol. The van der Waals surface area contributed by atoms with E-state index in [1.54, 1.807) is 33.8 Å². The van der Waals surface area contributed by atoms with Crippen molar-refractivity contribution in [2.45, 2.75) is 44.1 Å². The second-order valence-electron chi connectivity index (χ2n) is 5.57. The molecule has 1 aliphatic rings. The molecule has 0 aliphatic heterocycles. The summed E-state index contributed by atoms with van der Waals surface area (Å²) in [5, 5.41) is 12.1. The summed E-state index contributed by atoms with van der Waals surface area (Å²) in [5.74, 6) is 5.05. The normalized spacial score (nSPS) is 26.8. The van der Waals surface area contributed by atoms with Crippen LogP contribution in [0.25, 0.3) is 0 Å². The van der Waals surface area contributed by atoms with Crippen molar-refractivity contribution in [1.82, 2.24) is 5.01 Å². The monoisotopic (exact) mass is 287 g/mol. The third kappa shape index (κ3) is 2.79. The topological polar surface area (TPSA) is 89.5 Å². The molecule has 1 amide bonds. The van der Waals surface area contributed by atoms with E-state index in [0.717, 1.165) is 5.01 Å². The van der Waals surface area contributed by atoms with Crippen LogP contribution in [0.4, 0.5) is 0 Å². The zero-order chi connectivity index (χ0) is 15.0. The molecule has 0 saturated carbocycles. The largest absolute Gasteiger partial charge is 0.273 e. The molecule has 106 valence electrons. The van der Waals surface area contributed by atoms with Crippen molar-refractivity contribution in [3.05, 3.63) is 33.9 Å². The summed E-state index contributed by atoms with van der Waals surface area (Å²) in [4.78, 5) is 21.3. The van der Waals surface area contributed by atoms with Crippen molar-refractivity contribution in [2.24, 2.45) is 5.84 Å². The molecule has 19 heavy (non-hydrogen) atoms. The molecule has 2 N–H and O–H groups in total. The minimum Gasteiger partial charge on any atom is -0.273 e. The molecule has 2 unspecified atom stereocenters. The fourth-order valence-corrected chi connectivity index (χ4v) is 2.27. The highest BCUT2D eigenvalue weighted by Gasteiger charge is 2.54. The molecule has 0 aromatic carbocycles. The predicted molar refractivity (Wildman–Crippen MR) is 73.0 cm³/mol. The molecule has 0 saturated heterocycles. The Morgan fingerprint density at radius 1 is 1.58 bits per heavy atom. The Hall–Kier alpha value is -1.40. The maximum Gasteiger partial charge on any atom is 0.269 e. The molecule has 1 rings (SSSR count). The lowest BCUT2D eigenvalue weighted by Gasteiger charge is -2.37. The molecule has 0 radical (unpaired) electrons. The highest BCUT2D eigenvalue weighted by Crippen LogP contribution is 2.34. The molecule has 2 atom stereocenters. The van der Waals surface area contributed by atoms with Crippen LogP contribution in [0.2, 0.25) is 0 Å². The lowest BCUT2D eigenvalue weighted by Crippen LogP contribution is -2.61. The van der Waals surface area contributed by atoms with Gasteiger partial charge in [-0.05, 0) is 33.8 Å². The minimum absolute atomic E-state index is 0.415. The van der Waals surface area contributed by atoms with Gasteiger partial charge in [-0.3, -0.25) is 19.9 Å². The van der Waals surface area contributed by atoms with Crippen LogP contribution < -0.4 is 5.84 Å². The van der Waals surface area contributed by atoms with E-state index in [2.05, 4.69) is 0 Å². The van der Waals surface area contributed by atoms with Gasteiger partial charge in [-0.15, -0.1) is 0 Å². The van der Waals surface area contributed by atoms with E-state index < -0.39 is 27.3 Å². The first-order valence-electron chi connectivity index (χ1n) is 5.79. The Balaban J connectivity index is 3.22. The van der Waals surface area contributed by atoms with Gasteiger partial charge in [0.15, 0.2) is 0 Å². The van der Waals surface area contributed by atoms with E-state index in [9.17, 15) is 14.9 Å². The Morgan fingerprint density at radius 3 is 2.53 bits per heavy atom. The Labute approximate surface area is 117 Å². The van der Waals surface area contributed by atoms with Crippen molar-refractivity contribution in [3.63, 3.8) is 0 Å². The Bertz CT molecular complexity index is 467. The summed E-state index contributed by atoms with van der Waals surface area (Å²) < 4.78 is 0. The molecule has 0 aromatic rings. The van der Waals surface area contributed by atoms with Crippen LogP contribution in [0, 0.1) is 10.1 Å². The first-order valence-corrected chi connectivity index (χ1v) is 6.17. The van der Waals surface area contributed by atoms with Crippen LogP contribution in [-0.2, 0) is 4.79 Å². The van der Waals surface area contributed by atoms with Gasteiger partial charge in [0.25, 0.3) is 11.9 Å². The van der Waals surface area contributed by atoms with Crippen LogP contribution in [0.3, 0.4) is 0 Å². The molecule has 6 nitrogen and oxygen atoms in total. The number of nitro groups is 1. The third-order valence-electron chi connectivity index (χ3n) is 3.01. The number of rotatable bonds is 2. The smallest absolute Gasteiger partial charge is 0.269 e. The lowest BCUT2D eigenvalue weighted by molar-refractivity contribution is -0.514. The quantitative estimate of drug-likeness (QED) is 0.275. The summed E-state index contributed by atoms with van der Waals surface area (Å²) in [5.41, 5.74) is -0.263. The van der Waals surface area contributed by atoms with Gasteiger partial charge in [0.2, 0.25) is 4.87 Å². The third-order valence-corrected chi connectivity index (χ3v) is 3.50. The SMILES string of the molecule is CC1=CC=CC(Cl)(C(=O)N(N)C(C)(C)C)C1[N+](=O)[O-]. The fraction of sp³-hybridized carbons (Fsp3) is 0.583. The Kier molecular flexibility index (Phi) is 4.07. The van der Waals surface area contributed by atoms with Crippen LogP contribution >= 0.6 is 11.6 Å². The number of carbonyl (C=O) groups is 1. The highest BCUT2D eigenvalue weighted by atomic mass is 35.5. The van der Waals surface area contributed by atoms with Crippen molar-refractivity contribution >= 4 is 17.5 Å². The number of nitrogens with zero attached hydrogens (tertiary/aromatic N) is 2. The van der Waals surface area contributed by atoms with E-state index >= 15 is 0 Å². The van der Waals surface area contributed by atoms with Gasteiger partial charge in [-0.25, -0.2) is 5.84 Å². The van der Waals surface area contributed by atoms with E-state index in [1.807, 2.05) is 0 Å². The average molecular weight is 288 g/mol. The zero-order valence-corrected chi connectivity index (χ0v) is 12.1. The van der Waals surface area contributed by atoms with Crippen LogP contribution in [0.15, 0.2) is 23.8 Å². The number of amides is 1. The molecule has 7 heteroatoms. The van der Waals surface area contributed by atoms with Crippen molar-refractivity contribution in [2.75, 3.05) is 0 Å². The predicted octanol–water partition coefficient (Wildman–Crippen LogP) is 1.63. The van der Waals surface area contributed by atoms with Crippen molar-refractivity contribution < 1.29 is 9.72 Å². The molecule has 0 bridgehead atoms. The van der Waals surface area contributed by atoms with Crippen molar-refractivity contribution in [3.8, 4) is 0 Å². The van der Waals surface area contributed by atoms with Gasteiger partial charge in [0, 0.05) is 10.5 Å². The molecule has 0 spiro atoms. The number of halogens is 1. The van der Waals surface area contributed by atoms with Crippen molar-refractivity contribution in [1.29, 1.82) is 0 Å². The number of allylic oxidation sites excluding steroid dienone is 2. The second kappa shape index (κ2) is 4.94. The van der Waals surface area contributed by atoms with E-state index in [-0.39, 0.29) is 0 Å². The number of nitrogens with two attached hydrogens (primary N) is 1. The zero-order valence-electron chi connectivity index (χ0n) is 11.4. The van der Waals surface area contributed by atoms with E-state index in [4.69, 9.17) is 17.4 Å². The molecule has 0 heterocycles. The van der Waals surface area contributed by atoms with E-state index in [0.29, 0.717) is 5.57 Å². The molecule has 0 fully saturated rings. The maximum absolute atomic E-state index is 12.4. The number of carbonyl (C=O) groups excluding carboxylic acids is 1. The van der Waals surface area contributed by atoms with Gasteiger partial charge in [0.05, 0.1) is 5.54 Å². The summed E-state index contributed by atoms with van der Waals surface area (Å²) in [6, 6.07) is -1.32. The second-order valence-corrected chi connectivity index (χ2v) is 6.20. The summed E-state index contributed by atoms with van der Waals surface area (Å²) >= 11 is 6.24. The first kappa shape index (κ1) is 15.7. The number of alkyl halides is 1. The van der Waals surface area contributed by atoms with Gasteiger partial charge in [0.1, 0.15) is 0 Å². The lowest BCUT2D eigenvalue weighted by atomic mass is 9.87. The summed E-state index contributed by atoms with van der Waals surface area (Å²) in [6.07, 6.45) is 4.43. The van der Waals surface area contributed by atoms with Gasteiger partial charge >= 0.3 is 0 Å². The summed E-state index contributed by atoms with van der Waals surface area (Å²) in [7, 11) is 0. The van der Waals surface area contributed by atoms with Gasteiger partial charge in [-0.2, -0.15) is 0 Å². The average Bonchev–Trinajstić information content (AvgIpc) is 2.24. The van der Waals surface area contributed by atoms with Crippen LogP contribution in [0.1, 0.15) is 27.7 Å². The highest BCUT2D eigenvalue weighted by molar-refractivity contribution is 6.37. The number of hydrogen-bond donors (Lipinski definition) is 1. The molecular formula is C12H18ClN3O3. The maximum atomic E-state index is 12.4. The van der Waals surface area contributed by atoms with Crippen LogP contribution in [0.5, 0.6) is 0 Å². The molecule has 1 aliphatic carbocycles. The standard InChI is InChI=1S/C12H18ClN3O3/c1-8-6-5-7-12(13,9(8)16(18)19)10(17)15(14)11(2,3)4/h5-7,9H,14H2,1-4H3. The summed E-state index contributed by atoms with van der Waals surface area (Å²) in [6.45, 7) is 6.74. The fourth-order valence-electron chi connectivity index (χ4n) is 1.85. The Morgan fingerprint density at radius 2 is 2.11 bits per heavy atom. The first-order chi connectivity index (χ1) is 8.51. The van der Waals surface area contributed by atoms with Gasteiger partial charge in [-0.1, -0.05) is 23.8 Å². The van der Waals surface area contributed by atoms with E-state index in [1.165, 1.54) is 12.2 Å². The number of hydrogen-bond acceptors (Lipinski definition) is 4. The van der Waals surface area contributed by atoms with Gasteiger partial charge < -0.3 is 0 Å². The minimum atomic E-state index is -1.79. The van der Waals surface area contributed by atoms with Crippen LogP contribution in [-0.4, -0.2) is 32.3 Å².